The van der Waals surface area contributed by atoms with E-state index in [2.05, 4.69) is 0 Å². The summed E-state index contributed by atoms with van der Waals surface area (Å²) in [6.07, 6.45) is 6.34. The highest BCUT2D eigenvalue weighted by Gasteiger charge is 2.27. The van der Waals surface area contributed by atoms with Crippen LogP contribution in [0.5, 0.6) is 0 Å². The topological polar surface area (TPSA) is 55.8 Å². The Morgan fingerprint density at radius 3 is 2.13 bits per heavy atom. The molecule has 0 unspecified atom stereocenters. The zero-order chi connectivity index (χ0) is 17.0. The van der Waals surface area contributed by atoms with Crippen molar-refractivity contribution in [2.24, 2.45) is 0 Å². The number of nitrogens with zero attached hydrogens (tertiary/aromatic N) is 1. The lowest BCUT2D eigenvalue weighted by atomic mass is 10.1. The molecule has 5 nitrogen and oxygen atoms in total. The second-order valence-electron chi connectivity index (χ2n) is 4.44. The lowest BCUT2D eigenvalue weighted by Gasteiger charge is -2.23. The highest BCUT2D eigenvalue weighted by atomic mass is 35.5. The number of anilines is 1. The summed E-state index contributed by atoms with van der Waals surface area (Å²) >= 11 is 12.0. The van der Waals surface area contributed by atoms with Gasteiger partial charge in [0, 0.05) is 21.9 Å². The van der Waals surface area contributed by atoms with Crippen LogP contribution in [-0.2, 0) is 19.1 Å². The molecule has 1 aromatic carbocycles. The molecule has 0 fully saturated rings. The van der Waals surface area contributed by atoms with E-state index in [9.17, 15) is 9.59 Å². The Morgan fingerprint density at radius 1 is 0.957 bits per heavy atom. The molecule has 0 amide bonds. The van der Waals surface area contributed by atoms with E-state index in [4.69, 9.17) is 32.7 Å². The third kappa shape index (κ3) is 3.75. The molecule has 7 heteroatoms. The molecule has 0 atom stereocenters. The number of esters is 2. The zero-order valence-corrected chi connectivity index (χ0v) is 13.9. The fourth-order valence-electron chi connectivity index (χ4n) is 2.04. The van der Waals surface area contributed by atoms with Crippen molar-refractivity contribution in [3.63, 3.8) is 0 Å². The van der Waals surface area contributed by atoms with Gasteiger partial charge in [-0.1, -0.05) is 29.3 Å². The van der Waals surface area contributed by atoms with Crippen molar-refractivity contribution in [2.45, 2.75) is 0 Å². The fraction of sp³-hybridized carbons (Fsp3) is 0.125. The monoisotopic (exact) mass is 353 g/mol. The van der Waals surface area contributed by atoms with Crippen LogP contribution >= 0.6 is 23.2 Å². The standard InChI is InChI=1S/C16H13Cl2NO4/c1-22-15(20)13-5-3-4-6-19(14(13)16(21)23-2)12-8-10(17)7-11(18)9-12/h3-9H,1-2H3. The molecule has 0 bridgehead atoms. The minimum absolute atomic E-state index is 0.00248. The summed E-state index contributed by atoms with van der Waals surface area (Å²) in [6.45, 7) is 0. The summed E-state index contributed by atoms with van der Waals surface area (Å²) in [7, 11) is 2.46. The summed E-state index contributed by atoms with van der Waals surface area (Å²) in [5.74, 6) is -1.36. The van der Waals surface area contributed by atoms with E-state index in [-0.39, 0.29) is 11.3 Å². The molecule has 2 rings (SSSR count). The first kappa shape index (κ1) is 17.1. The minimum Gasteiger partial charge on any atom is -0.465 e. The van der Waals surface area contributed by atoms with E-state index in [1.165, 1.54) is 25.2 Å². The molecule has 0 saturated carbocycles. The van der Waals surface area contributed by atoms with Gasteiger partial charge in [0.05, 0.1) is 19.8 Å². The van der Waals surface area contributed by atoms with E-state index in [1.807, 2.05) is 0 Å². The first-order valence-corrected chi connectivity index (χ1v) is 7.24. The van der Waals surface area contributed by atoms with E-state index >= 15 is 0 Å². The third-order valence-electron chi connectivity index (χ3n) is 3.01. The van der Waals surface area contributed by atoms with Crippen LogP contribution in [0.3, 0.4) is 0 Å². The van der Waals surface area contributed by atoms with E-state index in [0.717, 1.165) is 0 Å². The molecule has 1 aliphatic rings. The summed E-state index contributed by atoms with van der Waals surface area (Å²) in [5.41, 5.74) is 0.562. The van der Waals surface area contributed by atoms with Crippen molar-refractivity contribution in [1.82, 2.24) is 0 Å². The average molecular weight is 354 g/mol. The van der Waals surface area contributed by atoms with Crippen LogP contribution in [0.25, 0.3) is 0 Å². The molecular formula is C16H13Cl2NO4. The first-order chi connectivity index (χ1) is 11.0. The second-order valence-corrected chi connectivity index (χ2v) is 5.32. The van der Waals surface area contributed by atoms with Gasteiger partial charge in [-0.15, -0.1) is 0 Å². The van der Waals surface area contributed by atoms with E-state index < -0.39 is 11.9 Å². The maximum Gasteiger partial charge on any atom is 0.355 e. The molecule has 120 valence electrons. The van der Waals surface area contributed by atoms with E-state index in [0.29, 0.717) is 15.7 Å². The largest absolute Gasteiger partial charge is 0.465 e. The van der Waals surface area contributed by atoms with Gasteiger partial charge in [-0.25, -0.2) is 9.59 Å². The molecule has 23 heavy (non-hydrogen) atoms. The summed E-state index contributed by atoms with van der Waals surface area (Å²) < 4.78 is 9.54. The quantitative estimate of drug-likeness (QED) is 0.778. The van der Waals surface area contributed by atoms with Crippen LogP contribution in [0.4, 0.5) is 5.69 Å². The third-order valence-corrected chi connectivity index (χ3v) is 3.45. The Bertz CT molecular complexity index is 717. The Morgan fingerprint density at radius 2 is 1.57 bits per heavy atom. The molecule has 0 aliphatic carbocycles. The predicted molar refractivity (Wildman–Crippen MR) is 88.3 cm³/mol. The maximum absolute atomic E-state index is 12.2. The molecule has 0 radical (unpaired) electrons. The normalized spacial score (nSPS) is 13.8. The number of methoxy groups -OCH3 is 2. The number of carbonyl (C=O) groups excluding carboxylic acids is 2. The molecule has 1 aliphatic heterocycles. The van der Waals surface area contributed by atoms with Crippen LogP contribution < -0.4 is 4.90 Å². The summed E-state index contributed by atoms with van der Waals surface area (Å²) in [5, 5.41) is 0.781. The maximum atomic E-state index is 12.2. The number of ether oxygens (including phenoxy) is 2. The molecular weight excluding hydrogens is 341 g/mol. The molecule has 0 saturated heterocycles. The van der Waals surface area contributed by atoms with Crippen LogP contribution in [0.1, 0.15) is 0 Å². The van der Waals surface area contributed by atoms with Gasteiger partial charge in [0.15, 0.2) is 0 Å². The first-order valence-electron chi connectivity index (χ1n) is 6.49. The molecule has 0 spiro atoms. The van der Waals surface area contributed by atoms with Crippen molar-refractivity contribution in [3.8, 4) is 0 Å². The number of allylic oxidation sites excluding steroid dienone is 2. The Balaban J connectivity index is 2.68. The zero-order valence-electron chi connectivity index (χ0n) is 12.4. The average Bonchev–Trinajstić information content (AvgIpc) is 2.75. The lowest BCUT2D eigenvalue weighted by Crippen LogP contribution is -2.26. The highest BCUT2D eigenvalue weighted by Crippen LogP contribution is 2.31. The number of carbonyl (C=O) groups is 2. The van der Waals surface area contributed by atoms with Gasteiger partial charge in [0.2, 0.25) is 0 Å². The van der Waals surface area contributed by atoms with Crippen molar-refractivity contribution in [1.29, 1.82) is 0 Å². The molecule has 0 aromatic heterocycles. The molecule has 0 N–H and O–H groups in total. The number of halogens is 2. The number of benzene rings is 1. The Kier molecular flexibility index (Phi) is 5.47. The lowest BCUT2D eigenvalue weighted by molar-refractivity contribution is -0.139. The van der Waals surface area contributed by atoms with E-state index in [1.54, 1.807) is 36.6 Å². The predicted octanol–water partition coefficient (Wildman–Crippen LogP) is 3.48. The van der Waals surface area contributed by atoms with Crippen LogP contribution in [-0.4, -0.2) is 26.2 Å². The smallest absolute Gasteiger partial charge is 0.355 e. The van der Waals surface area contributed by atoms with Crippen molar-refractivity contribution < 1.29 is 19.1 Å². The number of hydrogen-bond donors (Lipinski definition) is 0. The number of hydrogen-bond acceptors (Lipinski definition) is 5. The fourth-order valence-corrected chi connectivity index (χ4v) is 2.56. The van der Waals surface area contributed by atoms with Gasteiger partial charge in [-0.05, 0) is 30.4 Å². The SMILES string of the molecule is COC(=O)C1=C(C(=O)OC)N(c2cc(Cl)cc(Cl)c2)C=CC=C1. The van der Waals surface area contributed by atoms with Gasteiger partial charge in [-0.3, -0.25) is 0 Å². The summed E-state index contributed by atoms with van der Waals surface area (Å²) in [6, 6.07) is 4.79. The van der Waals surface area contributed by atoms with Crippen molar-refractivity contribution >= 4 is 40.8 Å². The Labute approximate surface area is 143 Å². The molecule has 1 aromatic rings. The van der Waals surface area contributed by atoms with Gasteiger partial charge >= 0.3 is 11.9 Å². The van der Waals surface area contributed by atoms with Crippen molar-refractivity contribution in [2.75, 3.05) is 19.1 Å². The van der Waals surface area contributed by atoms with Crippen molar-refractivity contribution in [3.05, 3.63) is 63.9 Å². The second kappa shape index (κ2) is 7.35. The van der Waals surface area contributed by atoms with Crippen LogP contribution in [0.15, 0.2) is 53.9 Å². The Hall–Kier alpha value is -2.24. The van der Waals surface area contributed by atoms with Gasteiger partial charge < -0.3 is 14.4 Å². The summed E-state index contributed by atoms with van der Waals surface area (Å²) in [4.78, 5) is 25.7. The highest BCUT2D eigenvalue weighted by molar-refractivity contribution is 6.35. The van der Waals surface area contributed by atoms with Gasteiger partial charge in [0.1, 0.15) is 5.70 Å². The van der Waals surface area contributed by atoms with Gasteiger partial charge in [0.25, 0.3) is 0 Å². The molecule has 1 heterocycles. The minimum atomic E-state index is -0.697. The van der Waals surface area contributed by atoms with Crippen LogP contribution in [0.2, 0.25) is 10.0 Å². The van der Waals surface area contributed by atoms with Crippen LogP contribution in [0, 0.1) is 0 Å². The number of rotatable bonds is 3. The van der Waals surface area contributed by atoms with Gasteiger partial charge in [-0.2, -0.15) is 0 Å².